The fraction of sp³-hybridized carbons (Fsp3) is 0.217. The number of amides is 2. The molecule has 0 saturated heterocycles. The highest BCUT2D eigenvalue weighted by Crippen LogP contribution is 2.34. The average molecular weight is 458 g/mol. The van der Waals surface area contributed by atoms with Crippen LogP contribution < -0.4 is 16.2 Å². The number of alkyl halides is 3. The van der Waals surface area contributed by atoms with E-state index in [0.29, 0.717) is 23.4 Å². The number of aryl methyl sites for hydroxylation is 1. The van der Waals surface area contributed by atoms with Crippen molar-refractivity contribution in [1.29, 1.82) is 0 Å². The summed E-state index contributed by atoms with van der Waals surface area (Å²) in [7, 11) is 0. The minimum atomic E-state index is -4.64. The van der Waals surface area contributed by atoms with Gasteiger partial charge < -0.3 is 10.6 Å². The van der Waals surface area contributed by atoms with Crippen molar-refractivity contribution in [3.05, 3.63) is 76.1 Å². The van der Waals surface area contributed by atoms with Gasteiger partial charge in [-0.25, -0.2) is 4.68 Å². The Morgan fingerprint density at radius 2 is 1.73 bits per heavy atom. The molecule has 0 unspecified atom stereocenters. The van der Waals surface area contributed by atoms with Gasteiger partial charge in [0.1, 0.15) is 6.54 Å². The first-order chi connectivity index (χ1) is 15.6. The van der Waals surface area contributed by atoms with Gasteiger partial charge in [0.05, 0.1) is 16.9 Å². The first kappa shape index (κ1) is 23.7. The van der Waals surface area contributed by atoms with E-state index >= 15 is 0 Å². The van der Waals surface area contributed by atoms with Crippen molar-refractivity contribution in [2.75, 3.05) is 10.6 Å². The van der Waals surface area contributed by atoms with Crippen LogP contribution in [0.25, 0.3) is 11.3 Å². The Balaban J connectivity index is 1.87. The Labute approximate surface area is 187 Å². The first-order valence-electron chi connectivity index (χ1n) is 10.0. The van der Waals surface area contributed by atoms with Crippen molar-refractivity contribution in [2.24, 2.45) is 0 Å². The summed E-state index contributed by atoms with van der Waals surface area (Å²) in [5.41, 5.74) is 0.460. The van der Waals surface area contributed by atoms with Crippen LogP contribution in [0.3, 0.4) is 0 Å². The molecule has 3 rings (SSSR count). The van der Waals surface area contributed by atoms with Crippen LogP contribution in [-0.2, 0) is 28.7 Å². The fourth-order valence-electron chi connectivity index (χ4n) is 3.23. The molecule has 0 aliphatic rings. The van der Waals surface area contributed by atoms with Crippen molar-refractivity contribution in [3.8, 4) is 11.3 Å². The number of benzene rings is 2. The molecule has 0 fully saturated rings. The molecule has 0 radical (unpaired) electrons. The van der Waals surface area contributed by atoms with E-state index in [1.54, 1.807) is 12.1 Å². The largest absolute Gasteiger partial charge is 0.418 e. The van der Waals surface area contributed by atoms with Gasteiger partial charge in [0, 0.05) is 24.2 Å². The Bertz CT molecular complexity index is 1250. The van der Waals surface area contributed by atoms with Gasteiger partial charge in [-0.2, -0.15) is 18.3 Å². The van der Waals surface area contributed by atoms with Crippen molar-refractivity contribution in [1.82, 2.24) is 9.78 Å². The predicted molar refractivity (Wildman–Crippen MR) is 118 cm³/mol. The topological polar surface area (TPSA) is 93.1 Å². The molecular weight excluding hydrogens is 437 g/mol. The van der Waals surface area contributed by atoms with E-state index in [2.05, 4.69) is 15.7 Å². The van der Waals surface area contributed by atoms with E-state index in [1.165, 1.54) is 31.2 Å². The molecule has 33 heavy (non-hydrogen) atoms. The number of hydrogen-bond acceptors (Lipinski definition) is 4. The number of para-hydroxylation sites is 1. The van der Waals surface area contributed by atoms with Crippen molar-refractivity contribution in [2.45, 2.75) is 33.0 Å². The lowest BCUT2D eigenvalue weighted by atomic mass is 10.0. The fourth-order valence-corrected chi connectivity index (χ4v) is 3.23. The lowest BCUT2D eigenvalue weighted by molar-refractivity contribution is -0.137. The predicted octanol–water partition coefficient (Wildman–Crippen LogP) is 4.09. The van der Waals surface area contributed by atoms with Gasteiger partial charge in [0.15, 0.2) is 0 Å². The zero-order chi connectivity index (χ0) is 24.2. The third kappa shape index (κ3) is 5.85. The summed E-state index contributed by atoms with van der Waals surface area (Å²) in [6.45, 7) is 2.75. The number of nitrogens with zero attached hydrogens (tertiary/aromatic N) is 2. The smallest absolute Gasteiger partial charge is 0.326 e. The van der Waals surface area contributed by atoms with Crippen LogP contribution in [0, 0.1) is 0 Å². The highest BCUT2D eigenvalue weighted by Gasteiger charge is 2.33. The summed E-state index contributed by atoms with van der Waals surface area (Å²) in [4.78, 5) is 36.1. The lowest BCUT2D eigenvalue weighted by Gasteiger charge is -2.14. The Morgan fingerprint density at radius 1 is 1.00 bits per heavy atom. The second-order valence-electron chi connectivity index (χ2n) is 7.21. The summed E-state index contributed by atoms with van der Waals surface area (Å²) in [6, 6.07) is 12.5. The number of rotatable bonds is 6. The van der Waals surface area contributed by atoms with Crippen molar-refractivity contribution >= 4 is 23.2 Å². The molecule has 0 spiro atoms. The van der Waals surface area contributed by atoms with Crippen molar-refractivity contribution in [3.63, 3.8) is 0 Å². The standard InChI is InChI=1S/C23H21F3N4O3/c1-3-15-8-9-16(12-20(15)27-14(2)31)18-10-11-22(33)30(29-18)13-21(32)28-19-7-5-4-6-17(19)23(24,25)26/h4-12H,3,13H2,1-2H3,(H,27,31)(H,28,32). The number of aromatic nitrogens is 2. The SMILES string of the molecule is CCc1ccc(-c2ccc(=O)n(CC(=O)Nc3ccccc3C(F)(F)F)n2)cc1NC(C)=O. The molecule has 3 aromatic rings. The maximum atomic E-state index is 13.2. The summed E-state index contributed by atoms with van der Waals surface area (Å²) in [5.74, 6) is -1.07. The maximum absolute atomic E-state index is 13.2. The number of carbonyl (C=O) groups excluding carboxylic acids is 2. The highest BCUT2D eigenvalue weighted by atomic mass is 19.4. The molecule has 1 aromatic heterocycles. The van der Waals surface area contributed by atoms with E-state index in [1.807, 2.05) is 13.0 Å². The number of nitrogens with one attached hydrogen (secondary N) is 2. The van der Waals surface area contributed by atoms with E-state index in [0.717, 1.165) is 22.4 Å². The van der Waals surface area contributed by atoms with Gasteiger partial charge >= 0.3 is 6.18 Å². The third-order valence-electron chi connectivity index (χ3n) is 4.76. The molecule has 1 heterocycles. The number of carbonyl (C=O) groups is 2. The summed E-state index contributed by atoms with van der Waals surface area (Å²) >= 11 is 0. The molecule has 0 bridgehead atoms. The average Bonchev–Trinajstić information content (AvgIpc) is 2.74. The minimum absolute atomic E-state index is 0.240. The number of halogens is 3. The van der Waals surface area contributed by atoms with Crippen LogP contribution in [0.1, 0.15) is 25.0 Å². The van der Waals surface area contributed by atoms with Crippen LogP contribution in [0.4, 0.5) is 24.5 Å². The van der Waals surface area contributed by atoms with Crippen LogP contribution in [0.2, 0.25) is 0 Å². The molecule has 2 N–H and O–H groups in total. The summed E-state index contributed by atoms with van der Waals surface area (Å²) in [5, 5.41) is 9.12. The van der Waals surface area contributed by atoms with Gasteiger partial charge in [-0.05, 0) is 36.2 Å². The van der Waals surface area contributed by atoms with Crippen LogP contribution in [0.5, 0.6) is 0 Å². The quantitative estimate of drug-likeness (QED) is 0.582. The molecule has 0 saturated carbocycles. The molecular formula is C23H21F3N4O3. The van der Waals surface area contributed by atoms with Crippen LogP contribution >= 0.6 is 0 Å². The van der Waals surface area contributed by atoms with Crippen LogP contribution in [-0.4, -0.2) is 21.6 Å². The molecule has 7 nitrogen and oxygen atoms in total. The number of anilines is 2. The second kappa shape index (κ2) is 9.68. The molecule has 2 aromatic carbocycles. The second-order valence-corrected chi connectivity index (χ2v) is 7.21. The highest BCUT2D eigenvalue weighted by molar-refractivity contribution is 5.91. The monoisotopic (exact) mass is 458 g/mol. The summed E-state index contributed by atoms with van der Waals surface area (Å²) in [6.07, 6.45) is -3.96. The zero-order valence-corrected chi connectivity index (χ0v) is 17.9. The van der Waals surface area contributed by atoms with E-state index in [9.17, 15) is 27.6 Å². The van der Waals surface area contributed by atoms with Gasteiger partial charge in [-0.1, -0.05) is 31.2 Å². The lowest BCUT2D eigenvalue weighted by Crippen LogP contribution is -2.29. The molecule has 0 aliphatic heterocycles. The summed E-state index contributed by atoms with van der Waals surface area (Å²) < 4.78 is 40.3. The van der Waals surface area contributed by atoms with Crippen LogP contribution in [0.15, 0.2) is 59.4 Å². The molecule has 10 heteroatoms. The first-order valence-corrected chi connectivity index (χ1v) is 10.0. The molecule has 0 aliphatic carbocycles. The Hall–Kier alpha value is -3.95. The molecule has 2 amide bonds. The normalized spacial score (nSPS) is 11.2. The van der Waals surface area contributed by atoms with Gasteiger partial charge in [-0.15, -0.1) is 0 Å². The van der Waals surface area contributed by atoms with Gasteiger partial charge in [0.25, 0.3) is 5.56 Å². The Morgan fingerprint density at radius 3 is 2.39 bits per heavy atom. The van der Waals surface area contributed by atoms with E-state index in [-0.39, 0.29) is 5.91 Å². The van der Waals surface area contributed by atoms with Gasteiger partial charge in [-0.3, -0.25) is 14.4 Å². The van der Waals surface area contributed by atoms with Crippen molar-refractivity contribution < 1.29 is 22.8 Å². The Kier molecular flexibility index (Phi) is 6.95. The maximum Gasteiger partial charge on any atom is 0.418 e. The zero-order valence-electron chi connectivity index (χ0n) is 17.9. The minimum Gasteiger partial charge on any atom is -0.326 e. The number of hydrogen-bond donors (Lipinski definition) is 2. The molecule has 0 atom stereocenters. The van der Waals surface area contributed by atoms with Gasteiger partial charge in [0.2, 0.25) is 11.8 Å². The van der Waals surface area contributed by atoms with E-state index in [4.69, 9.17) is 0 Å². The van der Waals surface area contributed by atoms with E-state index < -0.39 is 35.4 Å². The third-order valence-corrected chi connectivity index (χ3v) is 4.76. The molecule has 172 valence electrons.